The summed E-state index contributed by atoms with van der Waals surface area (Å²) in [6.07, 6.45) is 7.22. The molecule has 1 heterocycles. The Labute approximate surface area is 80.0 Å². The van der Waals surface area contributed by atoms with Crippen LogP contribution in [0.25, 0.3) is 0 Å². The van der Waals surface area contributed by atoms with Gasteiger partial charge in [-0.15, -0.1) is 0 Å². The lowest BCUT2D eigenvalue weighted by Crippen LogP contribution is -2.05. The maximum atomic E-state index is 11.2. The van der Waals surface area contributed by atoms with Gasteiger partial charge in [0.05, 0.1) is 0 Å². The smallest absolute Gasteiger partial charge is 0.334 e. The van der Waals surface area contributed by atoms with Crippen molar-refractivity contribution < 1.29 is 9.53 Å². The maximum absolute atomic E-state index is 11.2. The Hall–Kier alpha value is -0.790. The van der Waals surface area contributed by atoms with Gasteiger partial charge in [-0.05, 0) is 12.8 Å². The van der Waals surface area contributed by atoms with Crippen LogP contribution in [0.15, 0.2) is 11.6 Å². The van der Waals surface area contributed by atoms with E-state index >= 15 is 0 Å². The number of rotatable bonds is 4. The third-order valence-electron chi connectivity index (χ3n) is 2.31. The Bertz CT molecular complexity index is 206. The predicted molar refractivity (Wildman–Crippen MR) is 52.4 cm³/mol. The minimum Gasteiger partial charge on any atom is -0.459 e. The second kappa shape index (κ2) is 5.05. The highest BCUT2D eigenvalue weighted by Gasteiger charge is 2.27. The molecule has 2 heteroatoms. The van der Waals surface area contributed by atoms with Gasteiger partial charge in [-0.3, -0.25) is 0 Å². The fourth-order valence-electron chi connectivity index (χ4n) is 1.60. The van der Waals surface area contributed by atoms with Crippen molar-refractivity contribution in [3.63, 3.8) is 0 Å². The summed E-state index contributed by atoms with van der Waals surface area (Å²) in [6.45, 7) is 4.19. The number of hydrogen-bond acceptors (Lipinski definition) is 2. The summed E-state index contributed by atoms with van der Waals surface area (Å²) in [5.74, 6) is -0.0945. The lowest BCUT2D eigenvalue weighted by Gasteiger charge is -2.05. The molecule has 0 saturated carbocycles. The van der Waals surface area contributed by atoms with Gasteiger partial charge in [0.2, 0.25) is 0 Å². The van der Waals surface area contributed by atoms with Crippen molar-refractivity contribution in [2.75, 3.05) is 0 Å². The summed E-state index contributed by atoms with van der Waals surface area (Å²) in [5.41, 5.74) is 0.878. The number of esters is 1. The minimum absolute atomic E-state index is 0.0945. The van der Waals surface area contributed by atoms with E-state index in [-0.39, 0.29) is 12.1 Å². The number of cyclic esters (lactones) is 1. The SMILES string of the molecule is CCC=C1CC(CCCC)OC1=O. The number of ether oxygens (including phenoxy) is 1. The summed E-state index contributed by atoms with van der Waals surface area (Å²) in [6, 6.07) is 0. The van der Waals surface area contributed by atoms with E-state index in [2.05, 4.69) is 6.92 Å². The lowest BCUT2D eigenvalue weighted by molar-refractivity contribution is -0.139. The first-order chi connectivity index (χ1) is 6.27. The summed E-state index contributed by atoms with van der Waals surface area (Å²) in [7, 11) is 0. The first-order valence-corrected chi connectivity index (χ1v) is 5.18. The Balaban J connectivity index is 2.41. The van der Waals surface area contributed by atoms with Gasteiger partial charge in [0.15, 0.2) is 0 Å². The molecule has 0 N–H and O–H groups in total. The summed E-state index contributed by atoms with van der Waals surface area (Å²) >= 11 is 0. The molecule has 0 aromatic heterocycles. The molecular weight excluding hydrogens is 164 g/mol. The molecule has 0 aliphatic carbocycles. The van der Waals surface area contributed by atoms with Crippen LogP contribution < -0.4 is 0 Å². The second-order valence-electron chi connectivity index (χ2n) is 3.51. The van der Waals surface area contributed by atoms with Crippen LogP contribution in [0.3, 0.4) is 0 Å². The molecule has 2 nitrogen and oxygen atoms in total. The number of unbranched alkanes of at least 4 members (excludes halogenated alkanes) is 1. The first-order valence-electron chi connectivity index (χ1n) is 5.18. The quantitative estimate of drug-likeness (QED) is 0.493. The third-order valence-corrected chi connectivity index (χ3v) is 2.31. The molecule has 1 rings (SSSR count). The largest absolute Gasteiger partial charge is 0.459 e. The molecule has 1 atom stereocenters. The van der Waals surface area contributed by atoms with Crippen LogP contribution >= 0.6 is 0 Å². The van der Waals surface area contributed by atoms with Gasteiger partial charge in [0, 0.05) is 12.0 Å². The van der Waals surface area contributed by atoms with Crippen molar-refractivity contribution in [1.29, 1.82) is 0 Å². The molecule has 1 fully saturated rings. The third kappa shape index (κ3) is 2.87. The average molecular weight is 182 g/mol. The molecule has 1 aliphatic heterocycles. The molecule has 1 saturated heterocycles. The molecule has 0 bridgehead atoms. The molecule has 0 radical (unpaired) electrons. The van der Waals surface area contributed by atoms with Crippen molar-refractivity contribution in [2.45, 2.75) is 52.1 Å². The van der Waals surface area contributed by atoms with Gasteiger partial charge >= 0.3 is 5.97 Å². The first kappa shape index (κ1) is 10.3. The summed E-state index contributed by atoms with van der Waals surface area (Å²) < 4.78 is 5.22. The van der Waals surface area contributed by atoms with Gasteiger partial charge < -0.3 is 4.74 Å². The van der Waals surface area contributed by atoms with Crippen molar-refractivity contribution in [3.8, 4) is 0 Å². The van der Waals surface area contributed by atoms with E-state index in [1.54, 1.807) is 0 Å². The normalized spacial score (nSPS) is 25.2. The van der Waals surface area contributed by atoms with Gasteiger partial charge in [-0.1, -0.05) is 32.8 Å². The average Bonchev–Trinajstić information content (AvgIpc) is 2.45. The van der Waals surface area contributed by atoms with Crippen LogP contribution in [0.2, 0.25) is 0 Å². The Morgan fingerprint density at radius 3 is 2.92 bits per heavy atom. The highest BCUT2D eigenvalue weighted by Crippen LogP contribution is 2.24. The van der Waals surface area contributed by atoms with E-state index in [4.69, 9.17) is 4.74 Å². The number of allylic oxidation sites excluding steroid dienone is 1. The molecule has 13 heavy (non-hydrogen) atoms. The summed E-state index contributed by atoms with van der Waals surface area (Å²) in [5, 5.41) is 0. The van der Waals surface area contributed by atoms with Crippen molar-refractivity contribution in [3.05, 3.63) is 11.6 Å². The molecule has 1 unspecified atom stereocenters. The van der Waals surface area contributed by atoms with Gasteiger partial charge in [0.1, 0.15) is 6.10 Å². The monoisotopic (exact) mass is 182 g/mol. The summed E-state index contributed by atoms with van der Waals surface area (Å²) in [4.78, 5) is 11.2. The lowest BCUT2D eigenvalue weighted by atomic mass is 10.1. The Morgan fingerprint density at radius 1 is 1.54 bits per heavy atom. The number of carbonyl (C=O) groups excluding carboxylic acids is 1. The zero-order chi connectivity index (χ0) is 9.68. The molecule has 0 aromatic rings. The van der Waals surface area contributed by atoms with E-state index < -0.39 is 0 Å². The maximum Gasteiger partial charge on any atom is 0.334 e. The molecule has 1 aliphatic rings. The Kier molecular flexibility index (Phi) is 4.00. The van der Waals surface area contributed by atoms with Gasteiger partial charge in [-0.2, -0.15) is 0 Å². The highest BCUT2D eigenvalue weighted by atomic mass is 16.5. The minimum atomic E-state index is -0.0945. The van der Waals surface area contributed by atoms with Gasteiger partial charge in [0.25, 0.3) is 0 Å². The zero-order valence-corrected chi connectivity index (χ0v) is 8.51. The van der Waals surface area contributed by atoms with Crippen molar-refractivity contribution >= 4 is 5.97 Å². The standard InChI is InChI=1S/C11H18O2/c1-3-5-7-10-8-9(6-4-2)11(12)13-10/h6,10H,3-5,7-8H2,1-2H3. The van der Waals surface area contributed by atoms with Crippen LogP contribution in [0.4, 0.5) is 0 Å². The van der Waals surface area contributed by atoms with Crippen LogP contribution in [-0.4, -0.2) is 12.1 Å². The zero-order valence-electron chi connectivity index (χ0n) is 8.51. The van der Waals surface area contributed by atoms with Gasteiger partial charge in [-0.25, -0.2) is 4.79 Å². The molecular formula is C11H18O2. The second-order valence-corrected chi connectivity index (χ2v) is 3.51. The Morgan fingerprint density at radius 2 is 2.31 bits per heavy atom. The van der Waals surface area contributed by atoms with Crippen molar-refractivity contribution in [1.82, 2.24) is 0 Å². The van der Waals surface area contributed by atoms with E-state index in [0.29, 0.717) is 0 Å². The van der Waals surface area contributed by atoms with Crippen LogP contribution in [0.1, 0.15) is 46.0 Å². The van der Waals surface area contributed by atoms with Crippen LogP contribution in [0, 0.1) is 0 Å². The van der Waals surface area contributed by atoms with Crippen molar-refractivity contribution in [2.24, 2.45) is 0 Å². The fourth-order valence-corrected chi connectivity index (χ4v) is 1.60. The van der Waals surface area contributed by atoms with Crippen LogP contribution in [-0.2, 0) is 9.53 Å². The number of carbonyl (C=O) groups is 1. The van der Waals surface area contributed by atoms with E-state index in [1.165, 1.54) is 6.42 Å². The predicted octanol–water partition coefficient (Wildman–Crippen LogP) is 2.83. The molecule has 74 valence electrons. The number of hydrogen-bond donors (Lipinski definition) is 0. The van der Waals surface area contributed by atoms with E-state index in [1.807, 2.05) is 13.0 Å². The van der Waals surface area contributed by atoms with Crippen LogP contribution in [0.5, 0.6) is 0 Å². The topological polar surface area (TPSA) is 26.3 Å². The highest BCUT2D eigenvalue weighted by molar-refractivity contribution is 5.90. The fraction of sp³-hybridized carbons (Fsp3) is 0.727. The van der Waals surface area contributed by atoms with E-state index in [0.717, 1.165) is 31.3 Å². The van der Waals surface area contributed by atoms with E-state index in [9.17, 15) is 4.79 Å². The molecule has 0 spiro atoms. The molecule has 0 amide bonds. The molecule has 0 aromatic carbocycles.